The molecule has 2 aromatic rings. The van der Waals surface area contributed by atoms with Crippen molar-refractivity contribution in [1.82, 2.24) is 5.32 Å². The average Bonchev–Trinajstić information content (AvgIpc) is 2.80. The molecule has 1 atom stereocenters. The van der Waals surface area contributed by atoms with Gasteiger partial charge in [0.2, 0.25) is 0 Å². The number of furan rings is 1. The Morgan fingerprint density at radius 3 is 2.83 bits per heavy atom. The molecule has 1 aromatic carbocycles. The SMILES string of the molecule is CCCCC(NCC)c1cc2cccc(Br)c2o1. The summed E-state index contributed by atoms with van der Waals surface area (Å²) >= 11 is 3.54. The molecule has 0 aliphatic carbocycles. The van der Waals surface area contributed by atoms with E-state index in [4.69, 9.17) is 4.42 Å². The number of halogens is 1. The van der Waals surface area contributed by atoms with Crippen LogP contribution in [0, 0.1) is 0 Å². The summed E-state index contributed by atoms with van der Waals surface area (Å²) in [7, 11) is 0. The highest BCUT2D eigenvalue weighted by molar-refractivity contribution is 9.10. The van der Waals surface area contributed by atoms with Crippen LogP contribution < -0.4 is 5.32 Å². The minimum absolute atomic E-state index is 0.328. The molecule has 0 bridgehead atoms. The second kappa shape index (κ2) is 6.39. The fourth-order valence-electron chi connectivity index (χ4n) is 2.22. The summed E-state index contributed by atoms with van der Waals surface area (Å²) in [6, 6.07) is 8.64. The molecule has 98 valence electrons. The van der Waals surface area contributed by atoms with E-state index >= 15 is 0 Å². The molecule has 0 aliphatic heterocycles. The van der Waals surface area contributed by atoms with Crippen molar-refractivity contribution in [2.45, 2.75) is 39.2 Å². The number of nitrogens with one attached hydrogen (secondary N) is 1. The maximum absolute atomic E-state index is 6.00. The van der Waals surface area contributed by atoms with Crippen LogP contribution in [-0.4, -0.2) is 6.54 Å². The Hall–Kier alpha value is -0.800. The standard InChI is InChI=1S/C15H20BrNO/c1-3-5-9-13(17-4-2)14-10-11-7-6-8-12(16)15(11)18-14/h6-8,10,13,17H,3-5,9H2,1-2H3. The van der Waals surface area contributed by atoms with Gasteiger partial charge in [0.25, 0.3) is 0 Å². The van der Waals surface area contributed by atoms with Crippen LogP contribution in [-0.2, 0) is 0 Å². The van der Waals surface area contributed by atoms with Gasteiger partial charge in [-0.2, -0.15) is 0 Å². The lowest BCUT2D eigenvalue weighted by molar-refractivity contribution is 0.408. The van der Waals surface area contributed by atoms with Gasteiger partial charge in [-0.3, -0.25) is 0 Å². The minimum atomic E-state index is 0.328. The molecular weight excluding hydrogens is 290 g/mol. The van der Waals surface area contributed by atoms with E-state index in [1.54, 1.807) is 0 Å². The van der Waals surface area contributed by atoms with E-state index in [-0.39, 0.29) is 0 Å². The molecule has 1 heterocycles. The zero-order valence-electron chi connectivity index (χ0n) is 11.0. The molecular formula is C15H20BrNO. The second-order valence-corrected chi connectivity index (χ2v) is 5.41. The average molecular weight is 310 g/mol. The van der Waals surface area contributed by atoms with Crippen molar-refractivity contribution in [3.63, 3.8) is 0 Å². The van der Waals surface area contributed by atoms with E-state index in [2.05, 4.69) is 47.2 Å². The predicted molar refractivity (Wildman–Crippen MR) is 79.9 cm³/mol. The number of para-hydroxylation sites is 1. The number of hydrogen-bond donors (Lipinski definition) is 1. The van der Waals surface area contributed by atoms with Gasteiger partial charge in [0, 0.05) is 5.39 Å². The normalized spacial score (nSPS) is 13.1. The lowest BCUT2D eigenvalue weighted by atomic mass is 10.1. The van der Waals surface area contributed by atoms with Crippen LogP contribution >= 0.6 is 15.9 Å². The quantitative estimate of drug-likeness (QED) is 0.809. The van der Waals surface area contributed by atoms with Crippen LogP contribution in [0.2, 0.25) is 0 Å². The molecule has 1 aromatic heterocycles. The highest BCUT2D eigenvalue weighted by atomic mass is 79.9. The van der Waals surface area contributed by atoms with Crippen molar-refractivity contribution in [3.05, 3.63) is 34.5 Å². The lowest BCUT2D eigenvalue weighted by Crippen LogP contribution is -2.20. The third kappa shape index (κ3) is 2.96. The van der Waals surface area contributed by atoms with Crippen molar-refractivity contribution in [3.8, 4) is 0 Å². The van der Waals surface area contributed by atoms with E-state index in [1.807, 2.05) is 12.1 Å². The molecule has 1 N–H and O–H groups in total. The van der Waals surface area contributed by atoms with Gasteiger partial charge in [0.05, 0.1) is 10.5 Å². The summed E-state index contributed by atoms with van der Waals surface area (Å²) in [5, 5.41) is 4.67. The Bertz CT molecular complexity index is 506. The van der Waals surface area contributed by atoms with Crippen molar-refractivity contribution in [1.29, 1.82) is 0 Å². The Morgan fingerprint density at radius 1 is 1.33 bits per heavy atom. The van der Waals surface area contributed by atoms with Crippen LogP contribution in [0.3, 0.4) is 0 Å². The summed E-state index contributed by atoms with van der Waals surface area (Å²) in [4.78, 5) is 0. The zero-order valence-corrected chi connectivity index (χ0v) is 12.6. The molecule has 2 rings (SSSR count). The topological polar surface area (TPSA) is 25.2 Å². The van der Waals surface area contributed by atoms with Gasteiger partial charge in [-0.05, 0) is 41.0 Å². The molecule has 18 heavy (non-hydrogen) atoms. The maximum Gasteiger partial charge on any atom is 0.148 e. The third-order valence-corrected chi connectivity index (χ3v) is 3.78. The van der Waals surface area contributed by atoms with Crippen LogP contribution in [0.4, 0.5) is 0 Å². The van der Waals surface area contributed by atoms with Crippen LogP contribution in [0.5, 0.6) is 0 Å². The summed E-state index contributed by atoms with van der Waals surface area (Å²) in [5.74, 6) is 1.05. The molecule has 0 saturated heterocycles. The summed E-state index contributed by atoms with van der Waals surface area (Å²) in [5.41, 5.74) is 0.951. The monoisotopic (exact) mass is 309 g/mol. The van der Waals surface area contributed by atoms with E-state index < -0.39 is 0 Å². The third-order valence-electron chi connectivity index (χ3n) is 3.16. The number of fused-ring (bicyclic) bond motifs is 1. The van der Waals surface area contributed by atoms with Gasteiger partial charge in [0.15, 0.2) is 0 Å². The Kier molecular flexibility index (Phi) is 4.84. The van der Waals surface area contributed by atoms with Crippen molar-refractivity contribution in [2.75, 3.05) is 6.54 Å². The van der Waals surface area contributed by atoms with Crippen LogP contribution in [0.1, 0.15) is 44.9 Å². The number of hydrogen-bond acceptors (Lipinski definition) is 2. The predicted octanol–water partition coefficient (Wildman–Crippen LogP) is 5.04. The molecule has 0 aliphatic rings. The van der Waals surface area contributed by atoms with Gasteiger partial charge >= 0.3 is 0 Å². The molecule has 0 fully saturated rings. The summed E-state index contributed by atoms with van der Waals surface area (Å²) < 4.78 is 7.03. The largest absolute Gasteiger partial charge is 0.458 e. The highest BCUT2D eigenvalue weighted by Crippen LogP contribution is 2.31. The Labute approximate surface area is 117 Å². The molecule has 3 heteroatoms. The van der Waals surface area contributed by atoms with E-state index in [9.17, 15) is 0 Å². The van der Waals surface area contributed by atoms with E-state index in [0.29, 0.717) is 6.04 Å². The summed E-state index contributed by atoms with van der Waals surface area (Å²) in [6.07, 6.45) is 3.56. The van der Waals surface area contributed by atoms with E-state index in [1.165, 1.54) is 18.2 Å². The number of benzene rings is 1. The Balaban J connectivity index is 2.29. The first kappa shape index (κ1) is 13.6. The van der Waals surface area contributed by atoms with Gasteiger partial charge in [-0.25, -0.2) is 0 Å². The summed E-state index contributed by atoms with van der Waals surface area (Å²) in [6.45, 7) is 5.32. The molecule has 0 spiro atoms. The maximum atomic E-state index is 6.00. The highest BCUT2D eigenvalue weighted by Gasteiger charge is 2.15. The smallest absolute Gasteiger partial charge is 0.148 e. The van der Waals surface area contributed by atoms with Crippen molar-refractivity contribution < 1.29 is 4.42 Å². The van der Waals surface area contributed by atoms with Crippen LogP contribution in [0.25, 0.3) is 11.0 Å². The van der Waals surface area contributed by atoms with Gasteiger partial charge in [0.1, 0.15) is 11.3 Å². The first-order valence-corrected chi connectivity index (χ1v) is 7.46. The van der Waals surface area contributed by atoms with Crippen LogP contribution in [0.15, 0.2) is 33.2 Å². The molecule has 0 saturated carbocycles. The molecule has 2 nitrogen and oxygen atoms in total. The zero-order chi connectivity index (χ0) is 13.0. The first-order valence-electron chi connectivity index (χ1n) is 6.67. The van der Waals surface area contributed by atoms with Gasteiger partial charge < -0.3 is 9.73 Å². The lowest BCUT2D eigenvalue weighted by Gasteiger charge is -2.14. The van der Waals surface area contributed by atoms with Crippen molar-refractivity contribution in [2.24, 2.45) is 0 Å². The fourth-order valence-corrected chi connectivity index (χ4v) is 2.68. The molecule has 0 amide bonds. The molecule has 1 unspecified atom stereocenters. The molecule has 0 radical (unpaired) electrons. The van der Waals surface area contributed by atoms with E-state index in [0.717, 1.165) is 28.8 Å². The fraction of sp³-hybridized carbons (Fsp3) is 0.467. The minimum Gasteiger partial charge on any atom is -0.458 e. The number of unbranched alkanes of at least 4 members (excludes halogenated alkanes) is 1. The van der Waals surface area contributed by atoms with Gasteiger partial charge in [-0.15, -0.1) is 0 Å². The first-order chi connectivity index (χ1) is 8.76. The number of rotatable bonds is 6. The van der Waals surface area contributed by atoms with Gasteiger partial charge in [-0.1, -0.05) is 38.8 Å². The van der Waals surface area contributed by atoms with Crippen molar-refractivity contribution >= 4 is 26.9 Å². The Morgan fingerprint density at radius 2 is 2.17 bits per heavy atom. The second-order valence-electron chi connectivity index (χ2n) is 4.56.